The van der Waals surface area contributed by atoms with Gasteiger partial charge >= 0.3 is 0 Å². The maximum atomic E-state index is 11.9. The molecule has 2 aromatic rings. The van der Waals surface area contributed by atoms with E-state index in [9.17, 15) is 9.59 Å². The second-order valence-corrected chi connectivity index (χ2v) is 5.59. The average molecular weight is 378 g/mol. The second kappa shape index (κ2) is 8.28. The quantitative estimate of drug-likeness (QED) is 0.805. The molecule has 6 nitrogen and oxygen atoms in total. The van der Waals surface area contributed by atoms with Crippen LogP contribution in [0.4, 0.5) is 0 Å². The van der Waals surface area contributed by atoms with E-state index in [1.54, 1.807) is 36.5 Å². The van der Waals surface area contributed by atoms with Gasteiger partial charge in [-0.3, -0.25) is 9.59 Å². The fourth-order valence-corrected chi connectivity index (χ4v) is 2.03. The highest BCUT2D eigenvalue weighted by Gasteiger charge is 2.08. The Hall–Kier alpha value is -2.41. The topological polar surface area (TPSA) is 80.3 Å². The predicted octanol–water partition coefficient (Wildman–Crippen LogP) is 1.90. The Balaban J connectivity index is 1.76. The molecule has 0 spiro atoms. The van der Waals surface area contributed by atoms with Crippen molar-refractivity contribution in [2.75, 3.05) is 13.7 Å². The van der Waals surface area contributed by atoms with Crippen molar-refractivity contribution in [3.05, 3.63) is 58.2 Å². The van der Waals surface area contributed by atoms with Gasteiger partial charge in [0.2, 0.25) is 11.8 Å². The number of hydrogen-bond acceptors (Lipinski definition) is 4. The van der Waals surface area contributed by atoms with Gasteiger partial charge < -0.3 is 15.4 Å². The Kier molecular flexibility index (Phi) is 6.10. The Morgan fingerprint density at radius 2 is 1.87 bits per heavy atom. The van der Waals surface area contributed by atoms with Gasteiger partial charge in [0, 0.05) is 28.8 Å². The minimum atomic E-state index is -0.293. The first kappa shape index (κ1) is 17.0. The molecular weight excluding hydrogens is 362 g/mol. The van der Waals surface area contributed by atoms with E-state index in [-0.39, 0.29) is 18.4 Å². The first-order chi connectivity index (χ1) is 11.1. The molecular formula is C16H16BrN3O3. The number of rotatable bonds is 6. The number of nitrogens with zero attached hydrogens (tertiary/aromatic N) is 1. The summed E-state index contributed by atoms with van der Waals surface area (Å²) < 4.78 is 5.85. The third-order valence-electron chi connectivity index (χ3n) is 3.01. The molecule has 1 aromatic heterocycles. The monoisotopic (exact) mass is 377 g/mol. The summed E-state index contributed by atoms with van der Waals surface area (Å²) in [7, 11) is 1.54. The number of nitrogens with one attached hydrogen (secondary N) is 2. The lowest BCUT2D eigenvalue weighted by atomic mass is 10.2. The first-order valence-corrected chi connectivity index (χ1v) is 7.67. The van der Waals surface area contributed by atoms with E-state index in [4.69, 9.17) is 4.74 Å². The van der Waals surface area contributed by atoms with Gasteiger partial charge in [-0.15, -0.1) is 0 Å². The molecule has 120 valence electrons. The van der Waals surface area contributed by atoms with Crippen molar-refractivity contribution in [1.29, 1.82) is 0 Å². The molecule has 0 unspecified atom stereocenters. The zero-order valence-electron chi connectivity index (χ0n) is 12.5. The Labute approximate surface area is 142 Å². The minimum absolute atomic E-state index is 0.0848. The third-order valence-corrected chi connectivity index (χ3v) is 3.54. The average Bonchev–Trinajstić information content (AvgIpc) is 2.59. The lowest BCUT2D eigenvalue weighted by Gasteiger charge is -2.07. The number of amides is 2. The molecule has 0 aliphatic rings. The van der Waals surface area contributed by atoms with Crippen molar-refractivity contribution in [2.24, 2.45) is 0 Å². The van der Waals surface area contributed by atoms with Crippen molar-refractivity contribution in [3.63, 3.8) is 0 Å². The van der Waals surface area contributed by atoms with E-state index < -0.39 is 0 Å². The number of carbonyl (C=O) groups is 2. The number of halogens is 1. The summed E-state index contributed by atoms with van der Waals surface area (Å²) in [6.45, 7) is 0.252. The number of carbonyl (C=O) groups excluding carboxylic acids is 2. The number of aromatic nitrogens is 1. The van der Waals surface area contributed by atoms with Crippen LogP contribution in [0.5, 0.6) is 5.88 Å². The number of methoxy groups -OCH3 is 1. The number of ether oxygens (including phenoxy) is 1. The van der Waals surface area contributed by atoms with Gasteiger partial charge in [0.1, 0.15) is 0 Å². The molecule has 7 heteroatoms. The standard InChI is InChI=1S/C16H16BrN3O3/c1-23-15-7-2-11(9-19-15)8-18-14(21)10-20-16(22)12-3-5-13(17)6-4-12/h2-7,9H,8,10H2,1H3,(H,18,21)(H,20,22). The van der Waals surface area contributed by atoms with E-state index >= 15 is 0 Å². The molecule has 0 aliphatic heterocycles. The fourth-order valence-electron chi connectivity index (χ4n) is 1.76. The van der Waals surface area contributed by atoms with Gasteiger partial charge in [0.15, 0.2) is 0 Å². The van der Waals surface area contributed by atoms with Crippen LogP contribution >= 0.6 is 15.9 Å². The van der Waals surface area contributed by atoms with Crippen LogP contribution in [-0.2, 0) is 11.3 Å². The van der Waals surface area contributed by atoms with Crippen LogP contribution < -0.4 is 15.4 Å². The smallest absolute Gasteiger partial charge is 0.251 e. The fraction of sp³-hybridized carbons (Fsp3) is 0.188. The van der Waals surface area contributed by atoms with Crippen LogP contribution in [0.3, 0.4) is 0 Å². The molecule has 0 saturated heterocycles. The summed E-state index contributed by atoms with van der Waals surface area (Å²) in [6.07, 6.45) is 1.62. The van der Waals surface area contributed by atoms with E-state index in [0.29, 0.717) is 18.0 Å². The Morgan fingerprint density at radius 3 is 2.48 bits per heavy atom. The van der Waals surface area contributed by atoms with Gasteiger partial charge in [-0.05, 0) is 29.8 Å². The van der Waals surface area contributed by atoms with Crippen LogP contribution in [0.25, 0.3) is 0 Å². The van der Waals surface area contributed by atoms with Gasteiger partial charge in [-0.2, -0.15) is 0 Å². The van der Waals surface area contributed by atoms with Gasteiger partial charge in [-0.25, -0.2) is 4.98 Å². The van der Waals surface area contributed by atoms with Crippen LogP contribution in [0.1, 0.15) is 15.9 Å². The van der Waals surface area contributed by atoms with Crippen LogP contribution in [0, 0.1) is 0 Å². The van der Waals surface area contributed by atoms with Crippen LogP contribution in [0.15, 0.2) is 47.1 Å². The first-order valence-electron chi connectivity index (χ1n) is 6.88. The van der Waals surface area contributed by atoms with Crippen molar-refractivity contribution in [3.8, 4) is 5.88 Å². The van der Waals surface area contributed by atoms with E-state index in [1.165, 1.54) is 7.11 Å². The van der Waals surface area contributed by atoms with Gasteiger partial charge in [0.25, 0.3) is 5.91 Å². The molecule has 2 amide bonds. The number of benzene rings is 1. The van der Waals surface area contributed by atoms with Crippen molar-refractivity contribution >= 4 is 27.7 Å². The normalized spacial score (nSPS) is 10.0. The van der Waals surface area contributed by atoms with Crippen LogP contribution in [0.2, 0.25) is 0 Å². The molecule has 0 bridgehead atoms. The lowest BCUT2D eigenvalue weighted by Crippen LogP contribution is -2.36. The Bertz CT molecular complexity index is 672. The lowest BCUT2D eigenvalue weighted by molar-refractivity contribution is -0.120. The number of pyridine rings is 1. The van der Waals surface area contributed by atoms with Crippen molar-refractivity contribution in [2.45, 2.75) is 6.54 Å². The molecule has 0 fully saturated rings. The summed E-state index contributed by atoms with van der Waals surface area (Å²) >= 11 is 3.30. The zero-order chi connectivity index (χ0) is 16.7. The molecule has 0 saturated carbocycles. The van der Waals surface area contributed by atoms with E-state index in [2.05, 4.69) is 31.5 Å². The second-order valence-electron chi connectivity index (χ2n) is 4.68. The summed E-state index contributed by atoms with van der Waals surface area (Å²) in [6, 6.07) is 10.4. The molecule has 0 aliphatic carbocycles. The zero-order valence-corrected chi connectivity index (χ0v) is 14.1. The van der Waals surface area contributed by atoms with Gasteiger partial charge in [-0.1, -0.05) is 22.0 Å². The van der Waals surface area contributed by atoms with E-state index in [0.717, 1.165) is 10.0 Å². The molecule has 0 atom stereocenters. The van der Waals surface area contributed by atoms with Crippen LogP contribution in [-0.4, -0.2) is 30.5 Å². The SMILES string of the molecule is COc1ccc(CNC(=O)CNC(=O)c2ccc(Br)cc2)cn1. The Morgan fingerprint density at radius 1 is 1.13 bits per heavy atom. The van der Waals surface area contributed by atoms with Crippen molar-refractivity contribution < 1.29 is 14.3 Å². The highest BCUT2D eigenvalue weighted by molar-refractivity contribution is 9.10. The molecule has 2 N–H and O–H groups in total. The molecule has 23 heavy (non-hydrogen) atoms. The molecule has 0 radical (unpaired) electrons. The maximum Gasteiger partial charge on any atom is 0.251 e. The van der Waals surface area contributed by atoms with Crippen molar-refractivity contribution in [1.82, 2.24) is 15.6 Å². The minimum Gasteiger partial charge on any atom is -0.481 e. The summed E-state index contributed by atoms with van der Waals surface area (Å²) in [5, 5.41) is 5.28. The highest BCUT2D eigenvalue weighted by Crippen LogP contribution is 2.10. The number of hydrogen-bond donors (Lipinski definition) is 2. The van der Waals surface area contributed by atoms with E-state index in [1.807, 2.05) is 6.07 Å². The summed E-state index contributed by atoms with van der Waals surface area (Å²) in [5.41, 5.74) is 1.35. The molecule has 1 aromatic carbocycles. The summed E-state index contributed by atoms with van der Waals surface area (Å²) in [4.78, 5) is 27.7. The largest absolute Gasteiger partial charge is 0.481 e. The predicted molar refractivity (Wildman–Crippen MR) is 89.1 cm³/mol. The molecule has 2 rings (SSSR count). The third kappa shape index (κ3) is 5.37. The summed E-state index contributed by atoms with van der Waals surface area (Å²) in [5.74, 6) is -0.0492. The highest BCUT2D eigenvalue weighted by atomic mass is 79.9. The maximum absolute atomic E-state index is 11.9. The molecule has 1 heterocycles. The van der Waals surface area contributed by atoms with Gasteiger partial charge in [0.05, 0.1) is 13.7 Å².